The van der Waals surface area contributed by atoms with Gasteiger partial charge in [-0.1, -0.05) is 36.7 Å². The van der Waals surface area contributed by atoms with Crippen molar-refractivity contribution in [2.75, 3.05) is 11.9 Å². The molecule has 0 aromatic heterocycles. The fourth-order valence-electron chi connectivity index (χ4n) is 1.86. The molecule has 0 heterocycles. The number of hydrogen-bond acceptors (Lipinski definition) is 2. The fraction of sp³-hybridized carbons (Fsp3) is 1.00. The van der Waals surface area contributed by atoms with Crippen LogP contribution in [0.15, 0.2) is 0 Å². The Bertz CT molecular complexity index is 183. The molecule has 2 atom stereocenters. The second-order valence-electron chi connectivity index (χ2n) is 4.18. The molecule has 0 aliphatic heterocycles. The molecule has 2 unspecified atom stereocenters. The number of ether oxygens (including phenoxy) is 1. The van der Waals surface area contributed by atoms with E-state index in [9.17, 15) is 4.39 Å². The first kappa shape index (κ1) is 17.5. The molecule has 0 bridgehead atoms. The van der Waals surface area contributed by atoms with Crippen molar-refractivity contribution in [3.8, 4) is 0 Å². The number of halogens is 2. The first-order valence-electron chi connectivity index (χ1n) is 6.58. The van der Waals surface area contributed by atoms with Gasteiger partial charge in [0.15, 0.2) is 20.8 Å². The third-order valence-electron chi connectivity index (χ3n) is 3.31. The lowest BCUT2D eigenvalue weighted by atomic mass is 10.3. The van der Waals surface area contributed by atoms with Gasteiger partial charge in [-0.3, -0.25) is 0 Å². The Kier molecular flexibility index (Phi) is 9.78. The Labute approximate surface area is 115 Å². The summed E-state index contributed by atoms with van der Waals surface area (Å²) in [7, 11) is -1.79. The van der Waals surface area contributed by atoms with Crippen LogP contribution >= 0.6 is 15.9 Å². The summed E-state index contributed by atoms with van der Waals surface area (Å²) >= 11 is 3.26. The van der Waals surface area contributed by atoms with Crippen LogP contribution < -0.4 is 0 Å². The molecular weight excluding hydrogens is 303 g/mol. The lowest BCUT2D eigenvalue weighted by Crippen LogP contribution is -2.44. The standard InChI is InChI=1S/C12H26BrFO2Si/c1-5-15-12(11(14)9-10-13)16-17(6-2,7-3)8-4/h11-12H,5-10H2,1-4H3. The van der Waals surface area contributed by atoms with Crippen molar-refractivity contribution in [1.82, 2.24) is 0 Å². The number of alkyl halides is 2. The molecule has 0 aromatic carbocycles. The maximum Gasteiger partial charge on any atom is 0.195 e. The van der Waals surface area contributed by atoms with E-state index in [1.807, 2.05) is 6.92 Å². The minimum absolute atomic E-state index is 0.437. The van der Waals surface area contributed by atoms with Crippen LogP contribution in [0.5, 0.6) is 0 Å². The largest absolute Gasteiger partial charge is 0.390 e. The van der Waals surface area contributed by atoms with Crippen LogP contribution in [-0.2, 0) is 9.16 Å². The highest BCUT2D eigenvalue weighted by Crippen LogP contribution is 2.26. The Morgan fingerprint density at radius 2 is 1.65 bits per heavy atom. The van der Waals surface area contributed by atoms with Crippen LogP contribution in [-0.4, -0.2) is 32.7 Å². The van der Waals surface area contributed by atoms with Gasteiger partial charge in [0.2, 0.25) is 0 Å². The number of rotatable bonds is 10. The predicted octanol–water partition coefficient (Wildman–Crippen LogP) is 4.49. The smallest absolute Gasteiger partial charge is 0.195 e. The van der Waals surface area contributed by atoms with E-state index in [0.717, 1.165) is 18.1 Å². The van der Waals surface area contributed by atoms with Crippen molar-refractivity contribution in [3.05, 3.63) is 0 Å². The summed E-state index contributed by atoms with van der Waals surface area (Å²) in [5.74, 6) is 0. The van der Waals surface area contributed by atoms with Gasteiger partial charge < -0.3 is 9.16 Å². The van der Waals surface area contributed by atoms with Crippen molar-refractivity contribution < 1.29 is 13.6 Å². The van der Waals surface area contributed by atoms with Crippen molar-refractivity contribution in [2.24, 2.45) is 0 Å². The lowest BCUT2D eigenvalue weighted by molar-refractivity contribution is -0.126. The van der Waals surface area contributed by atoms with E-state index in [-0.39, 0.29) is 0 Å². The zero-order valence-corrected chi connectivity index (χ0v) is 14.1. The van der Waals surface area contributed by atoms with Crippen LogP contribution in [0.4, 0.5) is 4.39 Å². The van der Waals surface area contributed by atoms with Gasteiger partial charge in [0.05, 0.1) is 0 Å². The van der Waals surface area contributed by atoms with Gasteiger partial charge in [0.1, 0.15) is 0 Å². The third kappa shape index (κ3) is 5.81. The quantitative estimate of drug-likeness (QED) is 0.334. The van der Waals surface area contributed by atoms with E-state index >= 15 is 0 Å². The first-order chi connectivity index (χ1) is 8.09. The zero-order valence-electron chi connectivity index (χ0n) is 11.5. The zero-order chi connectivity index (χ0) is 13.3. The first-order valence-corrected chi connectivity index (χ1v) is 10.2. The van der Waals surface area contributed by atoms with Crippen molar-refractivity contribution in [1.29, 1.82) is 0 Å². The Morgan fingerprint density at radius 3 is 2.00 bits per heavy atom. The van der Waals surface area contributed by atoms with Gasteiger partial charge in [-0.05, 0) is 31.5 Å². The average molecular weight is 329 g/mol. The minimum Gasteiger partial charge on any atom is -0.390 e. The van der Waals surface area contributed by atoms with Gasteiger partial charge in [-0.15, -0.1) is 0 Å². The third-order valence-corrected chi connectivity index (χ3v) is 8.37. The second-order valence-corrected chi connectivity index (χ2v) is 9.69. The molecule has 0 rings (SSSR count). The maximum absolute atomic E-state index is 13.9. The van der Waals surface area contributed by atoms with Gasteiger partial charge in [0.25, 0.3) is 0 Å². The maximum atomic E-state index is 13.9. The van der Waals surface area contributed by atoms with Crippen LogP contribution in [0.25, 0.3) is 0 Å². The molecule has 104 valence electrons. The van der Waals surface area contributed by atoms with E-state index in [1.54, 1.807) is 0 Å². The summed E-state index contributed by atoms with van der Waals surface area (Å²) in [4.78, 5) is 0. The molecule has 17 heavy (non-hydrogen) atoms. The molecule has 0 radical (unpaired) electrons. The molecule has 0 fully saturated rings. The predicted molar refractivity (Wildman–Crippen MR) is 77.0 cm³/mol. The van der Waals surface area contributed by atoms with Crippen molar-refractivity contribution >= 4 is 24.2 Å². The Balaban J connectivity index is 4.59. The monoisotopic (exact) mass is 328 g/mol. The van der Waals surface area contributed by atoms with Crippen LogP contribution in [0.1, 0.15) is 34.1 Å². The molecule has 0 aromatic rings. The number of hydrogen-bond donors (Lipinski definition) is 0. The molecule has 0 saturated carbocycles. The summed E-state index contributed by atoms with van der Waals surface area (Å²) in [6.07, 6.45) is -1.28. The molecule has 2 nitrogen and oxygen atoms in total. The van der Waals surface area contributed by atoms with E-state index < -0.39 is 20.8 Å². The van der Waals surface area contributed by atoms with Gasteiger partial charge >= 0.3 is 0 Å². The molecular formula is C12H26BrFO2Si. The van der Waals surface area contributed by atoms with Gasteiger partial charge in [0, 0.05) is 11.9 Å². The van der Waals surface area contributed by atoms with E-state index in [4.69, 9.17) is 9.16 Å². The normalized spacial score (nSPS) is 15.9. The van der Waals surface area contributed by atoms with Gasteiger partial charge in [-0.25, -0.2) is 4.39 Å². The molecule has 0 saturated heterocycles. The van der Waals surface area contributed by atoms with Gasteiger partial charge in [-0.2, -0.15) is 0 Å². The van der Waals surface area contributed by atoms with Crippen LogP contribution in [0.3, 0.4) is 0 Å². The van der Waals surface area contributed by atoms with E-state index in [2.05, 4.69) is 36.7 Å². The summed E-state index contributed by atoms with van der Waals surface area (Å²) in [5, 5.41) is 0.639. The minimum atomic E-state index is -1.79. The summed E-state index contributed by atoms with van der Waals surface area (Å²) in [6.45, 7) is 8.79. The topological polar surface area (TPSA) is 18.5 Å². The SMILES string of the molecule is CCOC(O[Si](CC)(CC)CC)C(F)CCBr. The lowest BCUT2D eigenvalue weighted by Gasteiger charge is -2.34. The molecule has 0 aliphatic rings. The van der Waals surface area contributed by atoms with Crippen molar-refractivity contribution in [2.45, 2.75) is 64.7 Å². The second kappa shape index (κ2) is 9.47. The molecule has 0 spiro atoms. The van der Waals surface area contributed by atoms with Crippen LogP contribution in [0.2, 0.25) is 18.1 Å². The molecule has 0 aliphatic carbocycles. The average Bonchev–Trinajstić information content (AvgIpc) is 2.35. The van der Waals surface area contributed by atoms with E-state index in [0.29, 0.717) is 18.4 Å². The fourth-order valence-corrected chi connectivity index (χ4v) is 5.01. The van der Waals surface area contributed by atoms with Crippen molar-refractivity contribution in [3.63, 3.8) is 0 Å². The summed E-state index contributed by atoms with van der Waals surface area (Å²) in [6, 6.07) is 3.06. The van der Waals surface area contributed by atoms with E-state index in [1.165, 1.54) is 0 Å². The summed E-state index contributed by atoms with van der Waals surface area (Å²) < 4.78 is 25.4. The Morgan fingerprint density at radius 1 is 1.12 bits per heavy atom. The molecule has 0 N–H and O–H groups in total. The molecule has 0 amide bonds. The molecule has 5 heteroatoms. The van der Waals surface area contributed by atoms with Crippen LogP contribution in [0, 0.1) is 0 Å². The highest BCUT2D eigenvalue weighted by atomic mass is 79.9. The summed E-state index contributed by atoms with van der Waals surface area (Å²) in [5.41, 5.74) is 0. The Hall–Kier alpha value is 0.547. The highest BCUT2D eigenvalue weighted by molar-refractivity contribution is 9.09. The highest BCUT2D eigenvalue weighted by Gasteiger charge is 2.35.